The van der Waals surface area contributed by atoms with Crippen LogP contribution in [0.15, 0.2) is 12.2 Å². The number of rotatable bonds is 6. The number of hydrogen-bond donors (Lipinski definition) is 1. The summed E-state index contributed by atoms with van der Waals surface area (Å²) in [7, 11) is 1.74. The van der Waals surface area contributed by atoms with Crippen LogP contribution in [0.1, 0.15) is 46.0 Å². The predicted molar refractivity (Wildman–Crippen MR) is 71.9 cm³/mol. The molecule has 0 bridgehead atoms. The summed E-state index contributed by atoms with van der Waals surface area (Å²) >= 11 is 0. The minimum absolute atomic E-state index is 0.125. The number of aliphatic hydroxyl groups is 1. The molecule has 0 aliphatic heterocycles. The molecule has 2 nitrogen and oxygen atoms in total. The van der Waals surface area contributed by atoms with Gasteiger partial charge < -0.3 is 9.84 Å². The molecule has 0 heterocycles. The molecule has 1 N–H and O–H groups in total. The first kappa shape index (κ1) is 14.7. The summed E-state index contributed by atoms with van der Waals surface area (Å²) in [6, 6.07) is 0. The molecule has 17 heavy (non-hydrogen) atoms. The van der Waals surface area contributed by atoms with Gasteiger partial charge >= 0.3 is 0 Å². The Hall–Kier alpha value is -0.340. The highest BCUT2D eigenvalue weighted by Gasteiger charge is 2.21. The second-order valence-electron chi connectivity index (χ2n) is 5.50. The number of methoxy groups -OCH3 is 1. The van der Waals surface area contributed by atoms with Gasteiger partial charge in [-0.2, -0.15) is 0 Å². The summed E-state index contributed by atoms with van der Waals surface area (Å²) in [5, 5.41) is 9.20. The highest BCUT2D eigenvalue weighted by Crippen LogP contribution is 2.26. The van der Waals surface area contributed by atoms with Crippen molar-refractivity contribution in [3.63, 3.8) is 0 Å². The lowest BCUT2D eigenvalue weighted by atomic mass is 9.87. The molecular weight excluding hydrogens is 212 g/mol. The lowest BCUT2D eigenvalue weighted by Crippen LogP contribution is -2.29. The summed E-state index contributed by atoms with van der Waals surface area (Å²) < 4.78 is 5.49. The average Bonchev–Trinajstić information content (AvgIpc) is 2.38. The number of ether oxygens (including phenoxy) is 1. The monoisotopic (exact) mass is 240 g/mol. The Bertz CT molecular complexity index is 219. The van der Waals surface area contributed by atoms with Crippen molar-refractivity contribution in [2.24, 2.45) is 17.8 Å². The van der Waals surface area contributed by atoms with Crippen molar-refractivity contribution < 1.29 is 9.84 Å². The van der Waals surface area contributed by atoms with E-state index >= 15 is 0 Å². The fourth-order valence-corrected chi connectivity index (χ4v) is 2.84. The minimum atomic E-state index is 0.125. The van der Waals surface area contributed by atoms with E-state index in [1.165, 1.54) is 32.1 Å². The van der Waals surface area contributed by atoms with E-state index in [4.69, 9.17) is 4.74 Å². The molecule has 100 valence electrons. The average molecular weight is 240 g/mol. The molecule has 0 aromatic rings. The zero-order valence-corrected chi connectivity index (χ0v) is 11.6. The molecule has 1 saturated carbocycles. The van der Waals surface area contributed by atoms with Crippen LogP contribution in [0.25, 0.3) is 0 Å². The molecule has 0 spiro atoms. The van der Waals surface area contributed by atoms with Gasteiger partial charge in [0.25, 0.3) is 0 Å². The molecule has 0 amide bonds. The Morgan fingerprint density at radius 3 is 2.41 bits per heavy atom. The SMILES string of the molecule is CO[C@H]([C@H](C)CO)[C@@H](C)/C=C/C1CCCCC1. The van der Waals surface area contributed by atoms with Crippen LogP contribution in [0.4, 0.5) is 0 Å². The van der Waals surface area contributed by atoms with Crippen molar-refractivity contribution in [2.45, 2.75) is 52.1 Å². The molecule has 0 saturated heterocycles. The molecule has 1 fully saturated rings. The Balaban J connectivity index is 2.44. The predicted octanol–water partition coefficient (Wildman–Crippen LogP) is 3.40. The highest BCUT2D eigenvalue weighted by atomic mass is 16.5. The van der Waals surface area contributed by atoms with Gasteiger partial charge in [-0.3, -0.25) is 0 Å². The number of allylic oxidation sites excluding steroid dienone is 1. The minimum Gasteiger partial charge on any atom is -0.396 e. The lowest BCUT2D eigenvalue weighted by Gasteiger charge is -2.26. The summed E-state index contributed by atoms with van der Waals surface area (Å²) in [4.78, 5) is 0. The van der Waals surface area contributed by atoms with E-state index < -0.39 is 0 Å². The molecule has 2 heteroatoms. The number of aliphatic hydroxyl groups excluding tert-OH is 1. The molecule has 1 aliphatic carbocycles. The topological polar surface area (TPSA) is 29.5 Å². The van der Waals surface area contributed by atoms with E-state index in [9.17, 15) is 5.11 Å². The summed E-state index contributed by atoms with van der Waals surface area (Å²) in [5.74, 6) is 1.35. The second kappa shape index (κ2) is 7.88. The van der Waals surface area contributed by atoms with Crippen LogP contribution in [0.3, 0.4) is 0 Å². The van der Waals surface area contributed by atoms with Crippen LogP contribution in [-0.2, 0) is 4.74 Å². The first-order valence-electron chi connectivity index (χ1n) is 7.01. The van der Waals surface area contributed by atoms with E-state index in [2.05, 4.69) is 19.1 Å². The third-order valence-corrected chi connectivity index (χ3v) is 3.98. The van der Waals surface area contributed by atoms with Gasteiger partial charge in [0.1, 0.15) is 0 Å². The molecule has 0 radical (unpaired) electrons. The summed E-state index contributed by atoms with van der Waals surface area (Å²) in [6.07, 6.45) is 11.6. The fraction of sp³-hybridized carbons (Fsp3) is 0.867. The molecule has 1 aliphatic rings. The van der Waals surface area contributed by atoms with Gasteiger partial charge in [-0.15, -0.1) is 0 Å². The van der Waals surface area contributed by atoms with Crippen molar-refractivity contribution in [3.8, 4) is 0 Å². The smallest absolute Gasteiger partial charge is 0.0678 e. The number of hydrogen-bond acceptors (Lipinski definition) is 2. The van der Waals surface area contributed by atoms with Crippen LogP contribution in [0, 0.1) is 17.8 Å². The second-order valence-corrected chi connectivity index (χ2v) is 5.50. The molecule has 0 aromatic carbocycles. The van der Waals surface area contributed by atoms with E-state index in [1.54, 1.807) is 7.11 Å². The largest absolute Gasteiger partial charge is 0.396 e. The molecular formula is C15H28O2. The Labute approximate surface area is 106 Å². The van der Waals surface area contributed by atoms with Crippen LogP contribution in [0.2, 0.25) is 0 Å². The van der Waals surface area contributed by atoms with Crippen LogP contribution in [0.5, 0.6) is 0 Å². The lowest BCUT2D eigenvalue weighted by molar-refractivity contribution is 0.0105. The van der Waals surface area contributed by atoms with Gasteiger partial charge in [0.15, 0.2) is 0 Å². The first-order valence-corrected chi connectivity index (χ1v) is 7.01. The first-order chi connectivity index (χ1) is 8.19. The zero-order valence-electron chi connectivity index (χ0n) is 11.6. The normalized spacial score (nSPS) is 23.8. The molecule has 3 atom stereocenters. The third-order valence-electron chi connectivity index (χ3n) is 3.98. The summed E-state index contributed by atoms with van der Waals surface area (Å²) in [5.41, 5.74) is 0. The van der Waals surface area contributed by atoms with Crippen LogP contribution < -0.4 is 0 Å². The van der Waals surface area contributed by atoms with Crippen molar-refractivity contribution in [1.29, 1.82) is 0 Å². The van der Waals surface area contributed by atoms with Crippen molar-refractivity contribution in [3.05, 3.63) is 12.2 Å². The maximum atomic E-state index is 9.20. The van der Waals surface area contributed by atoms with E-state index in [0.29, 0.717) is 5.92 Å². The van der Waals surface area contributed by atoms with E-state index in [1.807, 2.05) is 6.92 Å². The molecule has 0 aromatic heterocycles. The van der Waals surface area contributed by atoms with Gasteiger partial charge in [0.05, 0.1) is 6.10 Å². The summed E-state index contributed by atoms with van der Waals surface area (Å²) in [6.45, 7) is 4.42. The Morgan fingerprint density at radius 1 is 1.24 bits per heavy atom. The zero-order chi connectivity index (χ0) is 12.7. The van der Waals surface area contributed by atoms with Gasteiger partial charge in [-0.1, -0.05) is 45.3 Å². The standard InChI is InChI=1S/C15H28O2/c1-12(15(17-3)13(2)11-16)9-10-14-7-5-4-6-8-14/h9-10,12-16H,4-8,11H2,1-3H3/b10-9+/t12-,13+,15-/m0/s1. The fourth-order valence-electron chi connectivity index (χ4n) is 2.84. The highest BCUT2D eigenvalue weighted by molar-refractivity contribution is 4.96. The maximum Gasteiger partial charge on any atom is 0.0678 e. The quantitative estimate of drug-likeness (QED) is 0.721. The molecule has 1 rings (SSSR count). The van der Waals surface area contributed by atoms with E-state index in [-0.39, 0.29) is 18.6 Å². The third kappa shape index (κ3) is 4.81. The van der Waals surface area contributed by atoms with Crippen molar-refractivity contribution in [1.82, 2.24) is 0 Å². The van der Waals surface area contributed by atoms with Crippen molar-refractivity contribution in [2.75, 3.05) is 13.7 Å². The van der Waals surface area contributed by atoms with Crippen LogP contribution in [-0.4, -0.2) is 24.9 Å². The maximum absolute atomic E-state index is 9.20. The van der Waals surface area contributed by atoms with Crippen LogP contribution >= 0.6 is 0 Å². The van der Waals surface area contributed by atoms with Gasteiger partial charge in [-0.25, -0.2) is 0 Å². The Kier molecular flexibility index (Phi) is 6.83. The van der Waals surface area contributed by atoms with Gasteiger partial charge in [0.2, 0.25) is 0 Å². The molecule has 0 unspecified atom stereocenters. The van der Waals surface area contributed by atoms with Crippen molar-refractivity contribution >= 4 is 0 Å². The van der Waals surface area contributed by atoms with E-state index in [0.717, 1.165) is 5.92 Å². The van der Waals surface area contributed by atoms with Gasteiger partial charge in [0, 0.05) is 25.6 Å². The Morgan fingerprint density at radius 2 is 1.88 bits per heavy atom. The van der Waals surface area contributed by atoms with Gasteiger partial charge in [-0.05, 0) is 18.8 Å².